The molecule has 0 saturated heterocycles. The maximum atomic E-state index is 13.8. The molecule has 4 aliphatic rings. The summed E-state index contributed by atoms with van der Waals surface area (Å²) in [5.74, 6) is 3.77. The van der Waals surface area contributed by atoms with Crippen LogP contribution in [-0.2, 0) is 10.2 Å². The van der Waals surface area contributed by atoms with Crippen LogP contribution in [0.15, 0.2) is 36.4 Å². The lowest BCUT2D eigenvalue weighted by Crippen LogP contribution is -2.57. The molecule has 4 bridgehead atoms. The van der Waals surface area contributed by atoms with Crippen LogP contribution in [0.25, 0.3) is 0 Å². The first kappa shape index (κ1) is 21.9. The first-order valence-electron chi connectivity index (χ1n) is 11.7. The summed E-state index contributed by atoms with van der Waals surface area (Å²) in [6, 6.07) is 12.1. The third kappa shape index (κ3) is 3.60. The van der Waals surface area contributed by atoms with Gasteiger partial charge in [-0.3, -0.25) is 4.79 Å². The predicted octanol–water partition coefficient (Wildman–Crippen LogP) is 5.20. The predicted molar refractivity (Wildman–Crippen MR) is 127 cm³/mol. The van der Waals surface area contributed by atoms with Gasteiger partial charge in [-0.05, 0) is 73.5 Å². The third-order valence-electron chi connectivity index (χ3n) is 8.17. The number of hydrogen-bond donors (Lipinski definition) is 1. The minimum absolute atomic E-state index is 0.0724. The molecule has 1 N–H and O–H groups in total. The van der Waals surface area contributed by atoms with Crippen LogP contribution in [0, 0.1) is 17.3 Å². The van der Waals surface area contributed by atoms with Crippen molar-refractivity contribution >= 4 is 11.6 Å². The zero-order valence-electron chi connectivity index (χ0n) is 19.9. The van der Waals surface area contributed by atoms with E-state index in [0.29, 0.717) is 34.8 Å². The summed E-state index contributed by atoms with van der Waals surface area (Å²) in [6.07, 6.45) is 6.44. The van der Waals surface area contributed by atoms with E-state index in [1.54, 1.807) is 40.6 Å². The van der Waals surface area contributed by atoms with E-state index in [0.717, 1.165) is 25.0 Å². The second kappa shape index (κ2) is 8.15. The van der Waals surface area contributed by atoms with Crippen molar-refractivity contribution in [3.63, 3.8) is 0 Å². The first-order chi connectivity index (χ1) is 15.9. The molecule has 0 spiro atoms. The summed E-state index contributed by atoms with van der Waals surface area (Å²) in [5.41, 5.74) is 1.75. The lowest BCUT2D eigenvalue weighted by molar-refractivity contribution is -0.143. The number of benzene rings is 2. The molecule has 2 atom stereocenters. The van der Waals surface area contributed by atoms with E-state index in [-0.39, 0.29) is 16.7 Å². The van der Waals surface area contributed by atoms with Gasteiger partial charge in [-0.1, -0.05) is 12.1 Å². The molecule has 0 radical (unpaired) electrons. The topological polar surface area (TPSA) is 66.0 Å². The number of amides is 1. The van der Waals surface area contributed by atoms with Crippen molar-refractivity contribution in [3.05, 3.63) is 42.0 Å². The lowest BCUT2D eigenvalue weighted by atomic mass is 9.42. The normalized spacial score (nSPS) is 29.5. The number of carbonyl (C=O) groups is 1. The molecule has 2 aromatic carbocycles. The van der Waals surface area contributed by atoms with Gasteiger partial charge in [0.1, 0.15) is 5.75 Å². The Hall–Kier alpha value is -2.89. The van der Waals surface area contributed by atoms with Crippen LogP contribution < -0.4 is 24.3 Å². The molecule has 176 valence electrons. The highest BCUT2D eigenvalue weighted by Gasteiger charge is 2.60. The summed E-state index contributed by atoms with van der Waals surface area (Å²) in [4.78, 5) is 13.8. The summed E-state index contributed by atoms with van der Waals surface area (Å²) >= 11 is 0. The summed E-state index contributed by atoms with van der Waals surface area (Å²) in [6.45, 7) is 0. The molecule has 6 nitrogen and oxygen atoms in total. The van der Waals surface area contributed by atoms with E-state index in [9.17, 15) is 4.79 Å². The largest absolute Gasteiger partial charge is 0.497 e. The zero-order chi connectivity index (χ0) is 23.2. The van der Waals surface area contributed by atoms with Crippen LogP contribution in [0.2, 0.25) is 0 Å². The monoisotopic (exact) mass is 451 g/mol. The Kier molecular flexibility index (Phi) is 5.42. The molecule has 33 heavy (non-hydrogen) atoms. The average molecular weight is 452 g/mol. The van der Waals surface area contributed by atoms with Crippen LogP contribution >= 0.6 is 0 Å². The van der Waals surface area contributed by atoms with E-state index < -0.39 is 0 Å². The van der Waals surface area contributed by atoms with Gasteiger partial charge in [-0.15, -0.1) is 0 Å². The van der Waals surface area contributed by atoms with E-state index in [1.807, 2.05) is 0 Å². The molecular formula is C27H33NO5. The van der Waals surface area contributed by atoms with Gasteiger partial charge >= 0.3 is 0 Å². The maximum Gasteiger partial charge on any atom is 0.230 e. The van der Waals surface area contributed by atoms with Gasteiger partial charge < -0.3 is 24.3 Å². The van der Waals surface area contributed by atoms with Crippen molar-refractivity contribution < 1.29 is 23.7 Å². The maximum absolute atomic E-state index is 13.8. The van der Waals surface area contributed by atoms with Crippen molar-refractivity contribution in [3.8, 4) is 23.0 Å². The van der Waals surface area contributed by atoms with Crippen molar-refractivity contribution in [1.82, 2.24) is 0 Å². The van der Waals surface area contributed by atoms with Gasteiger partial charge in [0.05, 0.1) is 33.9 Å². The van der Waals surface area contributed by atoms with Crippen LogP contribution in [0.1, 0.15) is 44.1 Å². The van der Waals surface area contributed by atoms with Gasteiger partial charge in [0.15, 0.2) is 11.5 Å². The number of rotatable bonds is 7. The SMILES string of the molecule is COc1ccc(C23CC4CC(CC(C(=O)Nc5cc(OC)c(OC)c(OC)c5)(C4)C2)C3)cc1. The summed E-state index contributed by atoms with van der Waals surface area (Å²) < 4.78 is 21.8. The van der Waals surface area contributed by atoms with Crippen LogP contribution in [-0.4, -0.2) is 34.3 Å². The van der Waals surface area contributed by atoms with E-state index in [2.05, 4.69) is 29.6 Å². The van der Waals surface area contributed by atoms with Crippen molar-refractivity contribution in [2.24, 2.45) is 17.3 Å². The van der Waals surface area contributed by atoms with Gasteiger partial charge in [-0.2, -0.15) is 0 Å². The van der Waals surface area contributed by atoms with Crippen LogP contribution in [0.3, 0.4) is 0 Å². The molecule has 1 amide bonds. The fraction of sp³-hybridized carbons (Fsp3) is 0.519. The molecule has 4 fully saturated rings. The number of hydrogen-bond acceptors (Lipinski definition) is 5. The molecular weight excluding hydrogens is 418 g/mol. The molecule has 4 saturated carbocycles. The highest BCUT2D eigenvalue weighted by molar-refractivity contribution is 5.96. The standard InChI is InChI=1S/C27H33NO5/c1-30-21-7-5-19(6-8-21)26-12-17-9-18(13-26)15-27(14-17,16-26)25(29)28-20-10-22(31-2)24(33-4)23(11-20)32-3/h5-8,10-11,17-18H,9,12-16H2,1-4H3,(H,28,29). The zero-order valence-corrected chi connectivity index (χ0v) is 19.9. The second-order valence-corrected chi connectivity index (χ2v) is 10.1. The summed E-state index contributed by atoms with van der Waals surface area (Å²) in [5, 5.41) is 3.21. The fourth-order valence-electron chi connectivity index (χ4n) is 7.23. The molecule has 0 heterocycles. The van der Waals surface area contributed by atoms with E-state index in [1.165, 1.54) is 24.8 Å². The third-order valence-corrected chi connectivity index (χ3v) is 8.17. The minimum atomic E-state index is -0.343. The number of ether oxygens (including phenoxy) is 4. The highest BCUT2D eigenvalue weighted by Crippen LogP contribution is 2.66. The Morgan fingerprint density at radius 3 is 1.97 bits per heavy atom. The molecule has 4 aliphatic carbocycles. The van der Waals surface area contributed by atoms with E-state index in [4.69, 9.17) is 18.9 Å². The van der Waals surface area contributed by atoms with Crippen molar-refractivity contribution in [1.29, 1.82) is 0 Å². The van der Waals surface area contributed by atoms with E-state index >= 15 is 0 Å². The average Bonchev–Trinajstić information content (AvgIpc) is 2.82. The lowest BCUT2D eigenvalue weighted by Gasteiger charge is -2.61. The van der Waals surface area contributed by atoms with Gasteiger partial charge in [0.2, 0.25) is 11.7 Å². The summed E-state index contributed by atoms with van der Waals surface area (Å²) in [7, 11) is 6.44. The van der Waals surface area contributed by atoms with Crippen molar-refractivity contribution in [2.75, 3.05) is 33.8 Å². The molecule has 6 rings (SSSR count). The first-order valence-corrected chi connectivity index (χ1v) is 11.7. The Morgan fingerprint density at radius 1 is 0.848 bits per heavy atom. The van der Waals surface area contributed by atoms with Crippen molar-refractivity contribution in [2.45, 2.75) is 43.9 Å². The van der Waals surface area contributed by atoms with Crippen LogP contribution in [0.5, 0.6) is 23.0 Å². The quantitative estimate of drug-likeness (QED) is 0.627. The van der Waals surface area contributed by atoms with Gasteiger partial charge in [0.25, 0.3) is 0 Å². The van der Waals surface area contributed by atoms with Gasteiger partial charge in [0, 0.05) is 17.8 Å². The van der Waals surface area contributed by atoms with Crippen LogP contribution in [0.4, 0.5) is 5.69 Å². The number of carbonyl (C=O) groups excluding carboxylic acids is 1. The molecule has 0 aliphatic heterocycles. The number of nitrogens with one attached hydrogen (secondary N) is 1. The molecule has 0 aromatic heterocycles. The Morgan fingerprint density at radius 2 is 1.45 bits per heavy atom. The second-order valence-electron chi connectivity index (χ2n) is 10.1. The Balaban J connectivity index is 1.45. The Labute approximate surface area is 195 Å². The molecule has 2 aromatic rings. The number of anilines is 1. The molecule has 2 unspecified atom stereocenters. The highest BCUT2D eigenvalue weighted by atomic mass is 16.5. The number of methoxy groups -OCH3 is 4. The van der Waals surface area contributed by atoms with Gasteiger partial charge in [-0.25, -0.2) is 0 Å². The smallest absolute Gasteiger partial charge is 0.230 e. The fourth-order valence-corrected chi connectivity index (χ4v) is 7.23. The Bertz CT molecular complexity index is 1010. The minimum Gasteiger partial charge on any atom is -0.497 e. The molecule has 6 heteroatoms.